The van der Waals surface area contributed by atoms with Crippen LogP contribution in [0.15, 0.2) is 22.8 Å². The highest BCUT2D eigenvalue weighted by atomic mass is 16.4. The summed E-state index contributed by atoms with van der Waals surface area (Å²) >= 11 is 0. The van der Waals surface area contributed by atoms with Crippen LogP contribution >= 0.6 is 0 Å². The third kappa shape index (κ3) is 3.24. The van der Waals surface area contributed by atoms with Crippen molar-refractivity contribution >= 4 is 11.9 Å². The molecule has 2 aromatic heterocycles. The van der Waals surface area contributed by atoms with Crippen molar-refractivity contribution in [3.05, 3.63) is 41.1 Å². The maximum atomic E-state index is 12.9. The lowest BCUT2D eigenvalue weighted by molar-refractivity contribution is -0.138. The van der Waals surface area contributed by atoms with Gasteiger partial charge in [-0.2, -0.15) is 5.10 Å². The molecule has 0 radical (unpaired) electrons. The Morgan fingerprint density at radius 2 is 2.12 bits per heavy atom. The quantitative estimate of drug-likeness (QED) is 0.859. The lowest BCUT2D eigenvalue weighted by Crippen LogP contribution is -2.44. The van der Waals surface area contributed by atoms with E-state index in [0.717, 1.165) is 49.5 Å². The molecule has 2 aliphatic heterocycles. The summed E-state index contributed by atoms with van der Waals surface area (Å²) in [5.41, 5.74) is 1.56. The molecule has 138 valence electrons. The van der Waals surface area contributed by atoms with Gasteiger partial charge in [-0.3, -0.25) is 14.8 Å². The molecular formula is C18H22N4O4. The van der Waals surface area contributed by atoms with Crippen LogP contribution in [0.4, 0.5) is 0 Å². The number of carbonyl (C=O) groups is 2. The number of furan rings is 1. The number of aromatic nitrogens is 2. The van der Waals surface area contributed by atoms with Crippen molar-refractivity contribution in [1.29, 1.82) is 0 Å². The largest absolute Gasteiger partial charge is 0.476 e. The van der Waals surface area contributed by atoms with Crippen LogP contribution in [0.3, 0.4) is 0 Å². The molecule has 8 nitrogen and oxygen atoms in total. The van der Waals surface area contributed by atoms with E-state index >= 15 is 0 Å². The van der Waals surface area contributed by atoms with Gasteiger partial charge < -0.3 is 14.4 Å². The molecular weight excluding hydrogens is 336 g/mol. The average molecular weight is 358 g/mol. The van der Waals surface area contributed by atoms with Crippen molar-refractivity contribution in [2.45, 2.75) is 32.4 Å². The van der Waals surface area contributed by atoms with E-state index in [1.54, 1.807) is 6.26 Å². The lowest BCUT2D eigenvalue weighted by Gasteiger charge is -2.35. The molecule has 2 aliphatic rings. The molecule has 2 N–H and O–H groups in total. The number of hydrogen-bond donors (Lipinski definition) is 2. The number of carboxylic acid groups (broad SMARTS) is 1. The summed E-state index contributed by atoms with van der Waals surface area (Å²) in [4.78, 5) is 28.2. The molecule has 0 bridgehead atoms. The summed E-state index contributed by atoms with van der Waals surface area (Å²) in [6.45, 7) is 3.51. The van der Waals surface area contributed by atoms with Gasteiger partial charge in [-0.05, 0) is 44.5 Å². The molecule has 8 heteroatoms. The Labute approximate surface area is 150 Å². The first-order valence-corrected chi connectivity index (χ1v) is 8.94. The summed E-state index contributed by atoms with van der Waals surface area (Å²) in [5, 5.41) is 15.8. The number of aromatic carboxylic acids is 1. The highest BCUT2D eigenvalue weighted by Crippen LogP contribution is 2.25. The molecule has 0 aromatic carbocycles. The minimum atomic E-state index is -1.02. The Morgan fingerprint density at radius 1 is 1.31 bits per heavy atom. The highest BCUT2D eigenvalue weighted by molar-refractivity contribution is 5.87. The van der Waals surface area contributed by atoms with Gasteiger partial charge >= 0.3 is 5.97 Å². The Kier molecular flexibility index (Phi) is 4.50. The lowest BCUT2D eigenvalue weighted by atomic mass is 9.94. The predicted molar refractivity (Wildman–Crippen MR) is 91.4 cm³/mol. The Balaban J connectivity index is 1.33. The number of fused-ring (bicyclic) bond motifs is 1. The van der Waals surface area contributed by atoms with E-state index in [0.29, 0.717) is 19.5 Å². The van der Waals surface area contributed by atoms with Crippen molar-refractivity contribution in [2.24, 2.45) is 5.92 Å². The molecule has 1 fully saturated rings. The number of aromatic amines is 1. The summed E-state index contributed by atoms with van der Waals surface area (Å²) in [7, 11) is 0. The van der Waals surface area contributed by atoms with Gasteiger partial charge in [-0.1, -0.05) is 0 Å². The number of nitrogens with zero attached hydrogens (tertiary/aromatic N) is 3. The van der Waals surface area contributed by atoms with E-state index < -0.39 is 5.97 Å². The average Bonchev–Trinajstić information content (AvgIpc) is 3.30. The number of likely N-dealkylation sites (tertiary alicyclic amines) is 1. The van der Waals surface area contributed by atoms with Gasteiger partial charge in [0.15, 0.2) is 5.69 Å². The van der Waals surface area contributed by atoms with Gasteiger partial charge in [-0.25, -0.2) is 4.79 Å². The second-order valence-corrected chi connectivity index (χ2v) is 6.97. The molecule has 1 saturated heterocycles. The van der Waals surface area contributed by atoms with Crippen molar-refractivity contribution in [3.8, 4) is 0 Å². The fourth-order valence-corrected chi connectivity index (χ4v) is 3.90. The first kappa shape index (κ1) is 16.8. The Bertz CT molecular complexity index is 790. The fraction of sp³-hybridized carbons (Fsp3) is 0.500. The Morgan fingerprint density at radius 3 is 2.81 bits per heavy atom. The molecule has 26 heavy (non-hydrogen) atoms. The zero-order chi connectivity index (χ0) is 18.1. The monoisotopic (exact) mass is 358 g/mol. The number of carboxylic acids is 1. The van der Waals surface area contributed by atoms with Crippen LogP contribution < -0.4 is 0 Å². The second kappa shape index (κ2) is 6.95. The number of rotatable bonds is 4. The molecule has 0 aliphatic carbocycles. The molecule has 0 atom stereocenters. The van der Waals surface area contributed by atoms with Crippen LogP contribution in [0, 0.1) is 5.92 Å². The van der Waals surface area contributed by atoms with E-state index in [2.05, 4.69) is 15.1 Å². The van der Waals surface area contributed by atoms with Crippen molar-refractivity contribution < 1.29 is 19.1 Å². The van der Waals surface area contributed by atoms with E-state index in [9.17, 15) is 9.59 Å². The highest BCUT2D eigenvalue weighted by Gasteiger charge is 2.32. The number of H-pyrrole nitrogens is 1. The first-order chi connectivity index (χ1) is 12.6. The minimum Gasteiger partial charge on any atom is -0.476 e. The molecule has 0 spiro atoms. The molecule has 0 unspecified atom stereocenters. The smallest absolute Gasteiger partial charge is 0.356 e. The normalized spacial score (nSPS) is 18.7. The van der Waals surface area contributed by atoms with Crippen molar-refractivity contribution in [2.75, 3.05) is 19.6 Å². The SMILES string of the molecule is O=C(O)c1n[nH]c2c1CCN(C(=O)C1CCN(Cc3ccco3)CC1)C2. The Hall–Kier alpha value is -2.61. The number of amides is 1. The third-order valence-corrected chi connectivity index (χ3v) is 5.34. The molecule has 2 aromatic rings. The van der Waals surface area contributed by atoms with E-state index in [4.69, 9.17) is 9.52 Å². The number of carbonyl (C=O) groups excluding carboxylic acids is 1. The number of hydrogen-bond acceptors (Lipinski definition) is 5. The summed E-state index contributed by atoms with van der Waals surface area (Å²) in [6.07, 6.45) is 3.90. The maximum absolute atomic E-state index is 12.9. The first-order valence-electron chi connectivity index (χ1n) is 8.94. The van der Waals surface area contributed by atoms with Gasteiger partial charge in [-0.15, -0.1) is 0 Å². The van der Waals surface area contributed by atoms with E-state index in [1.165, 1.54) is 0 Å². The predicted octanol–water partition coefficient (Wildman–Crippen LogP) is 1.50. The van der Waals surface area contributed by atoms with Gasteiger partial charge in [0, 0.05) is 18.0 Å². The van der Waals surface area contributed by atoms with Crippen LogP contribution in [-0.4, -0.2) is 56.6 Å². The van der Waals surface area contributed by atoms with Crippen LogP contribution in [0.1, 0.15) is 40.3 Å². The van der Waals surface area contributed by atoms with Crippen molar-refractivity contribution in [1.82, 2.24) is 20.0 Å². The molecule has 1 amide bonds. The third-order valence-electron chi connectivity index (χ3n) is 5.34. The van der Waals surface area contributed by atoms with E-state index in [-0.39, 0.29) is 17.5 Å². The molecule has 4 heterocycles. The summed E-state index contributed by atoms with van der Waals surface area (Å²) in [6, 6.07) is 3.86. The summed E-state index contributed by atoms with van der Waals surface area (Å²) in [5.74, 6) is 0.129. The number of piperidine rings is 1. The zero-order valence-corrected chi connectivity index (χ0v) is 14.5. The maximum Gasteiger partial charge on any atom is 0.356 e. The van der Waals surface area contributed by atoms with Crippen LogP contribution in [0.25, 0.3) is 0 Å². The molecule has 4 rings (SSSR count). The minimum absolute atomic E-state index is 0.0336. The van der Waals surface area contributed by atoms with Crippen LogP contribution in [0.5, 0.6) is 0 Å². The molecule has 0 saturated carbocycles. The second-order valence-electron chi connectivity index (χ2n) is 6.97. The summed E-state index contributed by atoms with van der Waals surface area (Å²) < 4.78 is 5.39. The van der Waals surface area contributed by atoms with Gasteiger partial charge in [0.25, 0.3) is 0 Å². The zero-order valence-electron chi connectivity index (χ0n) is 14.5. The van der Waals surface area contributed by atoms with Crippen molar-refractivity contribution in [3.63, 3.8) is 0 Å². The topological polar surface area (TPSA) is 103 Å². The van der Waals surface area contributed by atoms with E-state index in [1.807, 2.05) is 17.0 Å². The van der Waals surface area contributed by atoms with Crippen LogP contribution in [0.2, 0.25) is 0 Å². The fourth-order valence-electron chi connectivity index (χ4n) is 3.90. The van der Waals surface area contributed by atoms with Crippen LogP contribution in [-0.2, 0) is 24.3 Å². The van der Waals surface area contributed by atoms with Gasteiger partial charge in [0.05, 0.1) is 25.0 Å². The van der Waals surface area contributed by atoms with Gasteiger partial charge in [0.1, 0.15) is 5.76 Å². The standard InChI is InChI=1S/C18H22N4O4/c23-17(12-3-6-21(7-4-12)10-13-2-1-9-26-13)22-8-5-14-15(11-22)19-20-16(14)18(24)25/h1-2,9,12H,3-8,10-11H2,(H,19,20)(H,24,25). The van der Waals surface area contributed by atoms with Gasteiger partial charge in [0.2, 0.25) is 5.91 Å². The number of nitrogens with one attached hydrogen (secondary N) is 1.